The topological polar surface area (TPSA) is 79.6 Å². The molecule has 0 aliphatic carbocycles. The van der Waals surface area contributed by atoms with E-state index in [2.05, 4.69) is 20.3 Å². The van der Waals surface area contributed by atoms with Gasteiger partial charge in [0.15, 0.2) is 0 Å². The molecule has 18 heavy (non-hydrogen) atoms. The van der Waals surface area contributed by atoms with Crippen LogP contribution in [0, 0.1) is 0 Å². The zero-order valence-corrected chi connectivity index (χ0v) is 9.72. The van der Waals surface area contributed by atoms with Crippen LogP contribution in [0.3, 0.4) is 0 Å². The van der Waals surface area contributed by atoms with Gasteiger partial charge >= 0.3 is 0 Å². The van der Waals surface area contributed by atoms with Gasteiger partial charge in [0.05, 0.1) is 12.1 Å². The number of rotatable bonds is 3. The summed E-state index contributed by atoms with van der Waals surface area (Å²) in [4.78, 5) is 11.5. The second kappa shape index (κ2) is 4.37. The number of pyridine rings is 1. The van der Waals surface area contributed by atoms with E-state index in [0.29, 0.717) is 6.54 Å². The number of aromatic amines is 1. The summed E-state index contributed by atoms with van der Waals surface area (Å²) >= 11 is 0. The number of hydrogen-bond donors (Lipinski definition) is 3. The molecule has 0 bridgehead atoms. The van der Waals surface area contributed by atoms with Crippen LogP contribution >= 0.6 is 0 Å². The van der Waals surface area contributed by atoms with Crippen LogP contribution in [-0.2, 0) is 6.54 Å². The number of imidazole rings is 1. The maximum Gasteiger partial charge on any atom is 0.125 e. The molecule has 5 nitrogen and oxygen atoms in total. The van der Waals surface area contributed by atoms with Crippen molar-refractivity contribution in [2.24, 2.45) is 0 Å². The largest absolute Gasteiger partial charge is 0.399 e. The fourth-order valence-corrected chi connectivity index (χ4v) is 1.89. The van der Waals surface area contributed by atoms with Crippen molar-refractivity contribution in [1.82, 2.24) is 15.0 Å². The van der Waals surface area contributed by atoms with Crippen LogP contribution in [0.4, 0.5) is 11.4 Å². The minimum Gasteiger partial charge on any atom is -0.399 e. The number of nitrogens with one attached hydrogen (secondary N) is 2. The van der Waals surface area contributed by atoms with Gasteiger partial charge in [-0.1, -0.05) is 0 Å². The lowest BCUT2D eigenvalue weighted by molar-refractivity contribution is 1.00. The Morgan fingerprint density at radius 3 is 2.94 bits per heavy atom. The number of benzene rings is 1. The van der Waals surface area contributed by atoms with E-state index < -0.39 is 0 Å². The summed E-state index contributed by atoms with van der Waals surface area (Å²) in [5, 5.41) is 4.39. The predicted octanol–water partition coefficient (Wildman–Crippen LogP) is 2.15. The van der Waals surface area contributed by atoms with Gasteiger partial charge < -0.3 is 16.0 Å². The van der Waals surface area contributed by atoms with E-state index in [0.717, 1.165) is 28.1 Å². The molecule has 0 atom stereocenters. The number of nitrogens with zero attached hydrogens (tertiary/aromatic N) is 2. The summed E-state index contributed by atoms with van der Waals surface area (Å²) in [5.74, 6) is 0.899. The first-order valence-corrected chi connectivity index (χ1v) is 5.69. The number of hydrogen-bond acceptors (Lipinski definition) is 4. The van der Waals surface area contributed by atoms with E-state index in [1.54, 1.807) is 12.4 Å². The number of aromatic nitrogens is 3. The molecule has 0 radical (unpaired) electrons. The first-order valence-electron chi connectivity index (χ1n) is 5.69. The summed E-state index contributed by atoms with van der Waals surface area (Å²) in [7, 11) is 0. The lowest BCUT2D eigenvalue weighted by Crippen LogP contribution is -2.02. The number of fused-ring (bicyclic) bond motifs is 1. The maximum absolute atomic E-state index is 5.75. The SMILES string of the molecule is Nc1ccc2c(NCc3ncc[nH]3)ccnc2c1. The van der Waals surface area contributed by atoms with E-state index in [4.69, 9.17) is 5.73 Å². The highest BCUT2D eigenvalue weighted by Gasteiger charge is 2.02. The normalized spacial score (nSPS) is 10.7. The van der Waals surface area contributed by atoms with Gasteiger partial charge in [0.25, 0.3) is 0 Å². The van der Waals surface area contributed by atoms with Crippen molar-refractivity contribution in [2.45, 2.75) is 6.54 Å². The fraction of sp³-hybridized carbons (Fsp3) is 0.0769. The first-order chi connectivity index (χ1) is 8.83. The fourth-order valence-electron chi connectivity index (χ4n) is 1.89. The maximum atomic E-state index is 5.75. The highest BCUT2D eigenvalue weighted by Crippen LogP contribution is 2.23. The van der Waals surface area contributed by atoms with Crippen molar-refractivity contribution in [3.63, 3.8) is 0 Å². The first kappa shape index (κ1) is 10.6. The molecule has 0 spiro atoms. The highest BCUT2D eigenvalue weighted by atomic mass is 15.0. The molecule has 5 heteroatoms. The third-order valence-corrected chi connectivity index (χ3v) is 2.77. The third-order valence-electron chi connectivity index (χ3n) is 2.77. The smallest absolute Gasteiger partial charge is 0.125 e. The molecule has 0 unspecified atom stereocenters. The van der Waals surface area contributed by atoms with Crippen molar-refractivity contribution in [1.29, 1.82) is 0 Å². The molecule has 3 aromatic rings. The van der Waals surface area contributed by atoms with Crippen LogP contribution in [0.25, 0.3) is 10.9 Å². The molecule has 0 fully saturated rings. The standard InChI is InChI=1S/C13H13N5/c14-9-1-2-10-11(3-4-15-12(10)7-9)18-8-13-16-5-6-17-13/h1-7H,8,14H2,(H,15,18)(H,16,17). The lowest BCUT2D eigenvalue weighted by Gasteiger charge is -2.08. The molecule has 3 rings (SSSR count). The molecular formula is C13H13N5. The van der Waals surface area contributed by atoms with Crippen LogP contribution in [0.5, 0.6) is 0 Å². The Hall–Kier alpha value is -2.56. The van der Waals surface area contributed by atoms with Crippen molar-refractivity contribution >= 4 is 22.3 Å². The Labute approximate surface area is 104 Å². The molecule has 0 aliphatic rings. The van der Waals surface area contributed by atoms with E-state index in [1.807, 2.05) is 30.5 Å². The van der Waals surface area contributed by atoms with Gasteiger partial charge in [0.1, 0.15) is 5.82 Å². The molecule has 2 aromatic heterocycles. The van der Waals surface area contributed by atoms with Gasteiger partial charge in [-0.2, -0.15) is 0 Å². The molecule has 0 aliphatic heterocycles. The van der Waals surface area contributed by atoms with Crippen molar-refractivity contribution in [3.8, 4) is 0 Å². The van der Waals surface area contributed by atoms with Crippen molar-refractivity contribution in [2.75, 3.05) is 11.1 Å². The van der Waals surface area contributed by atoms with E-state index in [-0.39, 0.29) is 0 Å². The molecule has 90 valence electrons. The minimum absolute atomic E-state index is 0.649. The average Bonchev–Trinajstić information content (AvgIpc) is 2.89. The molecule has 0 saturated heterocycles. The van der Waals surface area contributed by atoms with Gasteiger partial charge in [-0.3, -0.25) is 4.98 Å². The Morgan fingerprint density at radius 1 is 1.17 bits per heavy atom. The molecular weight excluding hydrogens is 226 g/mol. The Balaban J connectivity index is 1.92. The minimum atomic E-state index is 0.649. The summed E-state index contributed by atoms with van der Waals surface area (Å²) in [6.45, 7) is 0.649. The van der Waals surface area contributed by atoms with Gasteiger partial charge in [-0.25, -0.2) is 4.98 Å². The number of nitrogens with two attached hydrogens (primary N) is 1. The summed E-state index contributed by atoms with van der Waals surface area (Å²) < 4.78 is 0. The van der Waals surface area contributed by atoms with Gasteiger partial charge in [0.2, 0.25) is 0 Å². The Kier molecular flexibility index (Phi) is 2.57. The lowest BCUT2D eigenvalue weighted by atomic mass is 10.1. The molecule has 1 aromatic carbocycles. The molecule has 0 amide bonds. The predicted molar refractivity (Wildman–Crippen MR) is 72.1 cm³/mol. The second-order valence-electron chi connectivity index (χ2n) is 4.02. The van der Waals surface area contributed by atoms with E-state index in [1.165, 1.54) is 0 Å². The van der Waals surface area contributed by atoms with Gasteiger partial charge in [0, 0.05) is 35.4 Å². The van der Waals surface area contributed by atoms with Gasteiger partial charge in [-0.15, -0.1) is 0 Å². The van der Waals surface area contributed by atoms with Crippen molar-refractivity contribution < 1.29 is 0 Å². The Morgan fingerprint density at radius 2 is 2.11 bits per heavy atom. The highest BCUT2D eigenvalue weighted by molar-refractivity contribution is 5.92. The summed E-state index contributed by atoms with van der Waals surface area (Å²) in [6, 6.07) is 7.67. The van der Waals surface area contributed by atoms with Crippen LogP contribution in [0.15, 0.2) is 42.9 Å². The van der Waals surface area contributed by atoms with E-state index >= 15 is 0 Å². The number of nitrogen functional groups attached to an aromatic ring is 1. The van der Waals surface area contributed by atoms with Gasteiger partial charge in [-0.05, 0) is 24.3 Å². The Bertz CT molecular complexity index is 660. The van der Waals surface area contributed by atoms with Crippen LogP contribution < -0.4 is 11.1 Å². The van der Waals surface area contributed by atoms with Crippen LogP contribution in [0.1, 0.15) is 5.82 Å². The van der Waals surface area contributed by atoms with E-state index in [9.17, 15) is 0 Å². The molecule has 4 N–H and O–H groups in total. The third kappa shape index (κ3) is 1.98. The molecule has 2 heterocycles. The summed E-state index contributed by atoms with van der Waals surface area (Å²) in [6.07, 6.45) is 5.32. The average molecular weight is 239 g/mol. The van der Waals surface area contributed by atoms with Crippen LogP contribution in [-0.4, -0.2) is 15.0 Å². The zero-order chi connectivity index (χ0) is 12.4. The second-order valence-corrected chi connectivity index (χ2v) is 4.02. The number of H-pyrrole nitrogens is 1. The summed E-state index contributed by atoms with van der Waals surface area (Å²) in [5.41, 5.74) is 8.38. The quantitative estimate of drug-likeness (QED) is 0.612. The zero-order valence-electron chi connectivity index (χ0n) is 9.72. The monoisotopic (exact) mass is 239 g/mol. The van der Waals surface area contributed by atoms with Crippen molar-refractivity contribution in [3.05, 3.63) is 48.7 Å². The number of anilines is 2. The molecule has 0 saturated carbocycles. The van der Waals surface area contributed by atoms with Crippen LogP contribution in [0.2, 0.25) is 0 Å².